The average Bonchev–Trinajstić information content (AvgIpc) is 3.74. The van der Waals surface area contributed by atoms with Gasteiger partial charge < -0.3 is 30.4 Å². The number of H-pyrrole nitrogens is 1. The molecule has 0 aliphatic carbocycles. The lowest BCUT2D eigenvalue weighted by atomic mass is 9.95. The van der Waals surface area contributed by atoms with Crippen molar-refractivity contribution in [2.75, 3.05) is 20.2 Å². The summed E-state index contributed by atoms with van der Waals surface area (Å²) in [6.07, 6.45) is 0.576. The highest BCUT2D eigenvalue weighted by atomic mass is 127. The fourth-order valence-electron chi connectivity index (χ4n) is 5.79. The number of hydrogen-bond donors (Lipinski definition) is 4. The number of nitrogens with one attached hydrogen (secondary N) is 3. The van der Waals surface area contributed by atoms with Crippen LogP contribution in [-0.4, -0.2) is 78.8 Å². The van der Waals surface area contributed by atoms with Gasteiger partial charge in [0.05, 0.1) is 13.2 Å². The zero-order chi connectivity index (χ0) is 30.0. The largest absolute Gasteiger partial charge is 0.496 e. The van der Waals surface area contributed by atoms with Gasteiger partial charge in [-0.1, -0.05) is 36.4 Å². The quantitative estimate of drug-likeness (QED) is 0.233. The molecule has 5 rings (SSSR count). The van der Waals surface area contributed by atoms with Crippen LogP contribution in [0.25, 0.3) is 10.9 Å². The molecule has 224 valence electrons. The van der Waals surface area contributed by atoms with Crippen LogP contribution in [0.1, 0.15) is 41.2 Å². The highest BCUT2D eigenvalue weighted by Crippen LogP contribution is 2.34. The number of benzene rings is 2. The molecule has 3 heterocycles. The summed E-state index contributed by atoms with van der Waals surface area (Å²) >= 11 is 1.15. The zero-order valence-electron chi connectivity index (χ0n) is 22.7. The van der Waals surface area contributed by atoms with Gasteiger partial charge in [0.1, 0.15) is 40.5 Å². The third-order valence-electron chi connectivity index (χ3n) is 7.97. The zero-order valence-corrected chi connectivity index (χ0v) is 25.6. The Kier molecular flexibility index (Phi) is 9.05. The first-order chi connectivity index (χ1) is 20.1. The van der Waals surface area contributed by atoms with E-state index in [1.807, 2.05) is 36.4 Å². The Morgan fingerprint density at radius 1 is 1.19 bits per heavy atom. The van der Waals surface area contributed by atoms with E-state index in [2.05, 4.69) is 18.1 Å². The van der Waals surface area contributed by atoms with Crippen molar-refractivity contribution in [3.8, 4) is 5.75 Å². The van der Waals surface area contributed by atoms with Crippen molar-refractivity contribution in [3.63, 3.8) is 0 Å². The average molecular weight is 711 g/mol. The Balaban J connectivity index is 1.45. The van der Waals surface area contributed by atoms with Gasteiger partial charge in [0, 0.05) is 35.8 Å². The molecule has 2 aliphatic heterocycles. The summed E-state index contributed by atoms with van der Waals surface area (Å²) in [5.74, 6) is -1.52. The first-order valence-electron chi connectivity index (χ1n) is 13.4. The van der Waals surface area contributed by atoms with Gasteiger partial charge in [-0.25, -0.2) is 0 Å². The number of hydrogen-bond acceptors (Lipinski definition) is 8. The van der Waals surface area contributed by atoms with E-state index in [-0.39, 0.29) is 36.9 Å². The summed E-state index contributed by atoms with van der Waals surface area (Å²) in [4.78, 5) is 44.6. The monoisotopic (exact) mass is 710 g/mol. The lowest BCUT2D eigenvalue weighted by Gasteiger charge is -2.28. The van der Waals surface area contributed by atoms with Crippen molar-refractivity contribution in [1.82, 2.24) is 20.5 Å². The molecule has 1 unspecified atom stereocenters. The SMILES string of the molecule is COc1cccc2[nH]c(C(=O)N3C[C@H](c4ccccc4)C[C@H]3C(=O)N[C@@H](C[C@@H]3CCNC3=O)C(O)S(=O)(=O)OI)cc12. The predicted molar refractivity (Wildman–Crippen MR) is 161 cm³/mol. The molecule has 3 aromatic rings. The molecule has 2 fully saturated rings. The molecule has 14 heteroatoms. The molecule has 42 heavy (non-hydrogen) atoms. The summed E-state index contributed by atoms with van der Waals surface area (Å²) in [6, 6.07) is 14.2. The molecule has 2 aromatic carbocycles. The van der Waals surface area contributed by atoms with Crippen LogP contribution in [0, 0.1) is 5.92 Å². The molecule has 0 bridgehead atoms. The summed E-state index contributed by atoms with van der Waals surface area (Å²) in [7, 11) is -2.94. The number of likely N-dealkylation sites (tertiary alicyclic amines) is 1. The van der Waals surface area contributed by atoms with Gasteiger partial charge in [-0.3, -0.25) is 14.4 Å². The van der Waals surface area contributed by atoms with Crippen LogP contribution in [0.5, 0.6) is 5.75 Å². The number of aromatic amines is 1. The van der Waals surface area contributed by atoms with Crippen LogP contribution in [0.3, 0.4) is 0 Å². The van der Waals surface area contributed by atoms with E-state index in [1.54, 1.807) is 18.2 Å². The molecular weight excluding hydrogens is 679 g/mol. The standard InChI is InChI=1S/C28H31IN4O8S/c1-40-24-9-5-8-20-19(24)14-21(31-20)27(36)33-15-18(16-6-3-2-4-7-16)13-23(33)26(35)32-22(28(37)42(38,39)41-29)12-17-10-11-30-25(17)34/h2-9,14,17-18,22-23,28,31,37H,10-13,15H2,1H3,(H,30,34)(H,32,35)/t17-,18+,22-,23-,28?/m0/s1. The summed E-state index contributed by atoms with van der Waals surface area (Å²) in [6.45, 7) is 0.648. The van der Waals surface area contributed by atoms with Crippen LogP contribution < -0.4 is 15.4 Å². The highest BCUT2D eigenvalue weighted by molar-refractivity contribution is 14.1. The fraction of sp³-hybridized carbons (Fsp3) is 0.393. The second kappa shape index (κ2) is 12.6. The van der Waals surface area contributed by atoms with E-state index in [0.717, 1.165) is 28.6 Å². The van der Waals surface area contributed by atoms with Gasteiger partial charge in [0.15, 0.2) is 0 Å². The van der Waals surface area contributed by atoms with E-state index >= 15 is 0 Å². The Bertz CT molecular complexity index is 1580. The molecule has 12 nitrogen and oxygen atoms in total. The summed E-state index contributed by atoms with van der Waals surface area (Å²) in [5.41, 5.74) is -0.215. The number of aromatic nitrogens is 1. The molecule has 5 atom stereocenters. The van der Waals surface area contributed by atoms with Gasteiger partial charge >= 0.3 is 10.1 Å². The van der Waals surface area contributed by atoms with Crippen LogP contribution in [0.2, 0.25) is 0 Å². The maximum Gasteiger partial charge on any atom is 0.305 e. The Labute approximate surface area is 256 Å². The topological polar surface area (TPSA) is 167 Å². The number of aliphatic hydroxyl groups is 1. The fourth-order valence-corrected chi connectivity index (χ4v) is 7.09. The highest BCUT2D eigenvalue weighted by Gasteiger charge is 2.44. The maximum absolute atomic E-state index is 13.9. The van der Waals surface area contributed by atoms with Crippen molar-refractivity contribution < 1.29 is 35.2 Å². The number of methoxy groups -OCH3 is 1. The third-order valence-corrected chi connectivity index (χ3v) is 10.6. The molecule has 0 spiro atoms. The lowest BCUT2D eigenvalue weighted by molar-refractivity contribution is -0.127. The number of rotatable bonds is 10. The van der Waals surface area contributed by atoms with Gasteiger partial charge in [-0.05, 0) is 43.0 Å². The lowest BCUT2D eigenvalue weighted by Crippen LogP contribution is -2.54. The van der Waals surface area contributed by atoms with Crippen molar-refractivity contribution in [2.24, 2.45) is 5.92 Å². The van der Waals surface area contributed by atoms with E-state index in [1.165, 1.54) is 12.0 Å². The number of ether oxygens (including phenoxy) is 1. The second-order valence-corrected chi connectivity index (χ2v) is 13.2. The van der Waals surface area contributed by atoms with Gasteiger partial charge in [0.2, 0.25) is 17.3 Å². The van der Waals surface area contributed by atoms with Crippen molar-refractivity contribution >= 4 is 61.7 Å². The Morgan fingerprint density at radius 2 is 1.95 bits per heavy atom. The number of nitrogens with zero attached hydrogens (tertiary/aromatic N) is 1. The molecule has 2 aliphatic rings. The van der Waals surface area contributed by atoms with E-state index in [9.17, 15) is 27.9 Å². The normalized spacial score (nSPS) is 22.1. The third kappa shape index (κ3) is 6.11. The molecule has 2 saturated heterocycles. The Morgan fingerprint density at radius 3 is 2.62 bits per heavy atom. The summed E-state index contributed by atoms with van der Waals surface area (Å²) < 4.78 is 34.7. The number of amides is 3. The number of carbonyl (C=O) groups excluding carboxylic acids is 3. The number of aliphatic hydroxyl groups excluding tert-OH is 1. The van der Waals surface area contributed by atoms with Crippen LogP contribution in [0.15, 0.2) is 54.6 Å². The second-order valence-electron chi connectivity index (χ2n) is 10.5. The minimum absolute atomic E-state index is 0.122. The van der Waals surface area contributed by atoms with Crippen molar-refractivity contribution in [2.45, 2.75) is 42.7 Å². The van der Waals surface area contributed by atoms with Crippen molar-refractivity contribution in [1.29, 1.82) is 0 Å². The Hall–Kier alpha value is -3.21. The number of fused-ring (bicyclic) bond motifs is 1. The smallest absolute Gasteiger partial charge is 0.305 e. The molecular formula is C28H31IN4O8S. The van der Waals surface area contributed by atoms with Crippen LogP contribution in [0.4, 0.5) is 0 Å². The van der Waals surface area contributed by atoms with Gasteiger partial charge in [-0.15, -0.1) is 0 Å². The minimum Gasteiger partial charge on any atom is -0.496 e. The number of halogens is 1. The first kappa shape index (κ1) is 30.3. The van der Waals surface area contributed by atoms with Crippen molar-refractivity contribution in [3.05, 3.63) is 65.9 Å². The molecule has 0 saturated carbocycles. The van der Waals surface area contributed by atoms with Crippen LogP contribution in [-0.2, 0) is 22.2 Å². The van der Waals surface area contributed by atoms with Gasteiger partial charge in [0.25, 0.3) is 5.91 Å². The molecule has 3 amide bonds. The van der Waals surface area contributed by atoms with E-state index < -0.39 is 45.4 Å². The van der Waals surface area contributed by atoms with Gasteiger partial charge in [-0.2, -0.15) is 10.9 Å². The minimum atomic E-state index is -4.48. The summed E-state index contributed by atoms with van der Waals surface area (Å²) in [5, 5.41) is 16.8. The van der Waals surface area contributed by atoms with E-state index in [4.69, 9.17) is 4.74 Å². The van der Waals surface area contributed by atoms with Crippen LogP contribution >= 0.6 is 23.0 Å². The maximum atomic E-state index is 13.9. The molecule has 0 radical (unpaired) electrons. The number of carbonyl (C=O) groups is 3. The first-order valence-corrected chi connectivity index (χ1v) is 15.8. The predicted octanol–water partition coefficient (Wildman–Crippen LogP) is 2.20. The molecule has 1 aromatic heterocycles. The van der Waals surface area contributed by atoms with E-state index in [0.29, 0.717) is 29.6 Å². The molecule has 4 N–H and O–H groups in total.